The molecule has 0 spiro atoms. The number of carbonyl (C=O) groups excluding carboxylic acids is 1. The Labute approximate surface area is 164 Å². The van der Waals surface area contributed by atoms with Crippen LogP contribution in [-0.4, -0.2) is 48.5 Å². The Balaban J connectivity index is 1.54. The highest BCUT2D eigenvalue weighted by atomic mass is 19.1. The van der Waals surface area contributed by atoms with Gasteiger partial charge in [0.15, 0.2) is 0 Å². The molecule has 146 valence electrons. The molecule has 1 amide bonds. The van der Waals surface area contributed by atoms with Crippen LogP contribution in [-0.2, 0) is 11.2 Å². The summed E-state index contributed by atoms with van der Waals surface area (Å²) in [5.74, 6) is 0.569. The van der Waals surface area contributed by atoms with Gasteiger partial charge < -0.3 is 9.64 Å². The summed E-state index contributed by atoms with van der Waals surface area (Å²) in [5.41, 5.74) is 1.73. The van der Waals surface area contributed by atoms with Crippen LogP contribution in [0.4, 0.5) is 4.39 Å². The lowest BCUT2D eigenvalue weighted by Gasteiger charge is -2.37. The first kappa shape index (κ1) is 19.8. The van der Waals surface area contributed by atoms with E-state index in [-0.39, 0.29) is 11.7 Å². The minimum absolute atomic E-state index is 0.0825. The fourth-order valence-electron chi connectivity index (χ4n) is 3.40. The maximum absolute atomic E-state index is 13.1. The Morgan fingerprint density at radius 1 is 1.11 bits per heavy atom. The van der Waals surface area contributed by atoms with Crippen LogP contribution in [0.3, 0.4) is 0 Å². The summed E-state index contributed by atoms with van der Waals surface area (Å²) in [5, 5.41) is 9.56. The average molecular weight is 381 g/mol. The molecule has 6 heteroatoms. The molecule has 1 aliphatic heterocycles. The quantitative estimate of drug-likeness (QED) is 0.771. The minimum Gasteiger partial charge on any atom is -0.494 e. The molecule has 0 saturated carbocycles. The van der Waals surface area contributed by atoms with Crippen molar-refractivity contribution in [1.29, 1.82) is 5.26 Å². The van der Waals surface area contributed by atoms with Gasteiger partial charge in [-0.05, 0) is 42.3 Å². The van der Waals surface area contributed by atoms with Crippen molar-refractivity contribution in [3.8, 4) is 11.8 Å². The van der Waals surface area contributed by atoms with Crippen LogP contribution in [0.15, 0.2) is 48.5 Å². The fourth-order valence-corrected chi connectivity index (χ4v) is 3.40. The molecule has 0 aromatic heterocycles. The number of amides is 1. The second kappa shape index (κ2) is 9.34. The number of carbonyl (C=O) groups is 1. The molecule has 0 radical (unpaired) electrons. The molecule has 2 aromatic rings. The third-order valence-corrected chi connectivity index (χ3v) is 4.93. The van der Waals surface area contributed by atoms with Crippen molar-refractivity contribution < 1.29 is 13.9 Å². The predicted molar refractivity (Wildman–Crippen MR) is 104 cm³/mol. The topological polar surface area (TPSA) is 56.6 Å². The van der Waals surface area contributed by atoms with Gasteiger partial charge in [-0.3, -0.25) is 9.69 Å². The summed E-state index contributed by atoms with van der Waals surface area (Å²) >= 11 is 0. The first-order chi connectivity index (χ1) is 13.6. The number of benzene rings is 2. The van der Waals surface area contributed by atoms with Crippen molar-refractivity contribution >= 4 is 5.91 Å². The van der Waals surface area contributed by atoms with Crippen molar-refractivity contribution in [1.82, 2.24) is 9.80 Å². The van der Waals surface area contributed by atoms with Crippen molar-refractivity contribution in [3.63, 3.8) is 0 Å². The summed E-state index contributed by atoms with van der Waals surface area (Å²) in [6.45, 7) is 4.94. The maximum Gasteiger partial charge on any atom is 0.227 e. The summed E-state index contributed by atoms with van der Waals surface area (Å²) in [6, 6.07) is 15.5. The van der Waals surface area contributed by atoms with Crippen LogP contribution in [0.1, 0.15) is 24.1 Å². The molecule has 5 nitrogen and oxygen atoms in total. The SMILES string of the molecule is CCOc1ccc(CC(=O)N2CCN(C(C#N)c3ccc(F)cc3)CC2)cc1. The van der Waals surface area contributed by atoms with E-state index in [1.165, 1.54) is 12.1 Å². The van der Waals surface area contributed by atoms with Crippen LogP contribution in [0.5, 0.6) is 5.75 Å². The lowest BCUT2D eigenvalue weighted by molar-refractivity contribution is -0.132. The Morgan fingerprint density at radius 2 is 1.75 bits per heavy atom. The minimum atomic E-state index is -0.427. The van der Waals surface area contributed by atoms with Crippen LogP contribution in [0.25, 0.3) is 0 Å². The third kappa shape index (κ3) is 4.87. The van der Waals surface area contributed by atoms with Gasteiger partial charge in [-0.1, -0.05) is 24.3 Å². The van der Waals surface area contributed by atoms with Gasteiger partial charge >= 0.3 is 0 Å². The van der Waals surface area contributed by atoms with Gasteiger partial charge in [-0.15, -0.1) is 0 Å². The second-order valence-corrected chi connectivity index (χ2v) is 6.75. The fraction of sp³-hybridized carbons (Fsp3) is 0.364. The van der Waals surface area contributed by atoms with Crippen molar-refractivity contribution in [2.45, 2.75) is 19.4 Å². The summed E-state index contributed by atoms with van der Waals surface area (Å²) < 4.78 is 18.6. The van der Waals surface area contributed by atoms with E-state index in [9.17, 15) is 14.4 Å². The maximum atomic E-state index is 13.1. The number of nitriles is 1. The highest BCUT2D eigenvalue weighted by Gasteiger charge is 2.27. The zero-order valence-corrected chi connectivity index (χ0v) is 16.0. The zero-order chi connectivity index (χ0) is 19.9. The molecule has 1 aliphatic rings. The highest BCUT2D eigenvalue weighted by molar-refractivity contribution is 5.79. The molecule has 0 aliphatic carbocycles. The Bertz CT molecular complexity index is 822. The lowest BCUT2D eigenvalue weighted by atomic mass is 10.1. The largest absolute Gasteiger partial charge is 0.494 e. The number of rotatable bonds is 6. The van der Waals surface area contributed by atoms with Gasteiger partial charge in [0.25, 0.3) is 0 Å². The molecule has 2 aromatic carbocycles. The molecule has 1 unspecified atom stereocenters. The van der Waals surface area contributed by atoms with Crippen molar-refractivity contribution in [2.75, 3.05) is 32.8 Å². The summed E-state index contributed by atoms with van der Waals surface area (Å²) in [6.07, 6.45) is 0.353. The van der Waals surface area contributed by atoms with E-state index in [4.69, 9.17) is 4.74 Å². The van der Waals surface area contributed by atoms with Crippen molar-refractivity contribution in [2.24, 2.45) is 0 Å². The Hall–Kier alpha value is -2.91. The molecule has 1 fully saturated rings. The third-order valence-electron chi connectivity index (χ3n) is 4.93. The summed E-state index contributed by atoms with van der Waals surface area (Å²) in [7, 11) is 0. The van der Waals surface area contributed by atoms with E-state index in [1.54, 1.807) is 12.1 Å². The molecule has 1 heterocycles. The Kier molecular flexibility index (Phi) is 6.62. The highest BCUT2D eigenvalue weighted by Crippen LogP contribution is 2.22. The molecule has 28 heavy (non-hydrogen) atoms. The molecule has 1 saturated heterocycles. The number of nitrogens with zero attached hydrogens (tertiary/aromatic N) is 3. The summed E-state index contributed by atoms with van der Waals surface area (Å²) in [4.78, 5) is 16.5. The Morgan fingerprint density at radius 3 is 2.32 bits per heavy atom. The van der Waals surface area contributed by atoms with Crippen LogP contribution >= 0.6 is 0 Å². The lowest BCUT2D eigenvalue weighted by Crippen LogP contribution is -2.49. The monoisotopic (exact) mass is 381 g/mol. The molecule has 0 N–H and O–H groups in total. The van der Waals surface area contributed by atoms with Gasteiger partial charge in [0, 0.05) is 26.2 Å². The van der Waals surface area contributed by atoms with E-state index in [1.807, 2.05) is 41.0 Å². The first-order valence-electron chi connectivity index (χ1n) is 9.49. The molecule has 0 bridgehead atoms. The van der Waals surface area contributed by atoms with Crippen LogP contribution in [0, 0.1) is 17.1 Å². The number of hydrogen-bond acceptors (Lipinski definition) is 4. The second-order valence-electron chi connectivity index (χ2n) is 6.75. The normalized spacial score (nSPS) is 15.7. The molecular formula is C22H24FN3O2. The number of hydrogen-bond donors (Lipinski definition) is 0. The van der Waals surface area contributed by atoms with E-state index >= 15 is 0 Å². The van der Waals surface area contributed by atoms with E-state index in [0.29, 0.717) is 39.2 Å². The van der Waals surface area contributed by atoms with E-state index in [2.05, 4.69) is 6.07 Å². The van der Waals surface area contributed by atoms with Gasteiger partial charge in [0.05, 0.1) is 19.1 Å². The first-order valence-corrected chi connectivity index (χ1v) is 9.49. The number of ether oxygens (including phenoxy) is 1. The average Bonchev–Trinajstić information content (AvgIpc) is 2.72. The van der Waals surface area contributed by atoms with Gasteiger partial charge in [0.1, 0.15) is 17.6 Å². The molecule has 3 rings (SSSR count). The van der Waals surface area contributed by atoms with Gasteiger partial charge in [-0.2, -0.15) is 5.26 Å². The molecular weight excluding hydrogens is 357 g/mol. The van der Waals surface area contributed by atoms with E-state index in [0.717, 1.165) is 16.9 Å². The smallest absolute Gasteiger partial charge is 0.227 e. The van der Waals surface area contributed by atoms with E-state index < -0.39 is 6.04 Å². The zero-order valence-electron chi connectivity index (χ0n) is 16.0. The molecule has 1 atom stereocenters. The van der Waals surface area contributed by atoms with Crippen molar-refractivity contribution in [3.05, 3.63) is 65.5 Å². The van der Waals surface area contributed by atoms with Crippen LogP contribution < -0.4 is 4.74 Å². The van der Waals surface area contributed by atoms with Gasteiger partial charge in [0.2, 0.25) is 5.91 Å². The predicted octanol–water partition coefficient (Wildman–Crippen LogP) is 3.18. The van der Waals surface area contributed by atoms with Crippen LogP contribution in [0.2, 0.25) is 0 Å². The number of halogens is 1. The number of piperazine rings is 1. The standard InChI is InChI=1S/C22H24FN3O2/c1-2-28-20-9-3-17(4-10-20)15-22(27)26-13-11-25(12-14-26)21(16-24)18-5-7-19(23)8-6-18/h3-10,21H,2,11-15H2,1H3. The van der Waals surface area contributed by atoms with Gasteiger partial charge in [-0.25, -0.2) is 4.39 Å².